The molecule has 2 heterocycles. The first-order valence-electron chi connectivity index (χ1n) is 7.84. The first-order chi connectivity index (χ1) is 13.5. The molecule has 0 aliphatic carbocycles. The number of anilines is 1. The molecule has 0 atom stereocenters. The first kappa shape index (κ1) is 19.6. The summed E-state index contributed by atoms with van der Waals surface area (Å²) in [6.45, 7) is 1.27. The quantitative estimate of drug-likeness (QED) is 0.131. The van der Waals surface area contributed by atoms with E-state index in [4.69, 9.17) is 10.1 Å². The maximum atomic E-state index is 11.4. The van der Waals surface area contributed by atoms with Crippen LogP contribution in [0.5, 0.6) is 5.75 Å². The number of hydrogen-bond donors (Lipinski definition) is 3. The van der Waals surface area contributed by atoms with Crippen LogP contribution in [0.1, 0.15) is 12.5 Å². The summed E-state index contributed by atoms with van der Waals surface area (Å²) < 4.78 is 9.17. The zero-order valence-electron chi connectivity index (χ0n) is 14.8. The lowest BCUT2D eigenvalue weighted by atomic mass is 10.1. The van der Waals surface area contributed by atoms with Gasteiger partial charge in [-0.15, -0.1) is 10.2 Å². The van der Waals surface area contributed by atoms with Crippen molar-refractivity contribution in [2.45, 2.75) is 18.7 Å². The molecule has 2 aromatic heterocycles. The Morgan fingerprint density at radius 3 is 3.00 bits per heavy atom. The second kappa shape index (κ2) is 8.71. The molecule has 0 saturated heterocycles. The highest BCUT2D eigenvalue weighted by molar-refractivity contribution is 7.98. The molecular formula is C16H15N7O3S2. The van der Waals surface area contributed by atoms with Crippen molar-refractivity contribution in [2.24, 2.45) is 10.2 Å². The van der Waals surface area contributed by atoms with E-state index >= 15 is 0 Å². The average molecular weight is 417 g/mol. The second-order valence-electron chi connectivity index (χ2n) is 5.39. The monoisotopic (exact) mass is 417 g/mol. The summed E-state index contributed by atoms with van der Waals surface area (Å²) in [6.07, 6.45) is 4.29. The van der Waals surface area contributed by atoms with Crippen LogP contribution in [0.2, 0.25) is 0 Å². The zero-order valence-corrected chi connectivity index (χ0v) is 16.5. The topological polar surface area (TPSA) is 146 Å². The number of aromatic hydroxyl groups is 1. The number of phenolic OH excluding ortho intramolecular Hbond substituents is 1. The molecule has 0 saturated carbocycles. The molecule has 0 bridgehead atoms. The smallest absolute Gasteiger partial charge is 0.221 e. The van der Waals surface area contributed by atoms with E-state index in [1.54, 1.807) is 12.3 Å². The van der Waals surface area contributed by atoms with E-state index in [0.717, 1.165) is 17.9 Å². The lowest BCUT2D eigenvalue weighted by Gasteiger charge is -2.11. The van der Waals surface area contributed by atoms with Gasteiger partial charge in [0.25, 0.3) is 0 Å². The van der Waals surface area contributed by atoms with Crippen LogP contribution in [0.3, 0.4) is 0 Å². The van der Waals surface area contributed by atoms with Gasteiger partial charge in [0.15, 0.2) is 22.2 Å². The van der Waals surface area contributed by atoms with Crippen molar-refractivity contribution < 1.29 is 14.6 Å². The molecule has 10 nitrogen and oxygen atoms in total. The molecule has 3 rings (SSSR count). The molecule has 12 heteroatoms. The van der Waals surface area contributed by atoms with Crippen molar-refractivity contribution in [3.63, 3.8) is 0 Å². The summed E-state index contributed by atoms with van der Waals surface area (Å²) in [5.74, 6) is -0.504. The van der Waals surface area contributed by atoms with Crippen molar-refractivity contribution in [1.82, 2.24) is 14.3 Å². The summed E-state index contributed by atoms with van der Waals surface area (Å²) in [4.78, 5) is 19.9. The maximum Gasteiger partial charge on any atom is 0.221 e. The lowest BCUT2D eigenvalue weighted by molar-refractivity contribution is -0.114. The number of thioether (sulfide) groups is 1. The SMILES string of the molecule is CSc1ncc2c(N=Nc3cc(COC=N)c(O)c(NC(C)=O)c3)snc2n1. The molecule has 3 N–H and O–H groups in total. The number of amides is 1. The van der Waals surface area contributed by atoms with Crippen molar-refractivity contribution in [3.05, 3.63) is 23.9 Å². The Morgan fingerprint density at radius 1 is 1.46 bits per heavy atom. The van der Waals surface area contributed by atoms with E-state index in [-0.39, 0.29) is 24.0 Å². The van der Waals surface area contributed by atoms with Gasteiger partial charge in [-0.1, -0.05) is 11.8 Å². The normalized spacial score (nSPS) is 11.1. The largest absolute Gasteiger partial charge is 0.505 e. The number of nitrogens with zero attached hydrogens (tertiary/aromatic N) is 5. The number of aromatic nitrogens is 3. The summed E-state index contributed by atoms with van der Waals surface area (Å²) in [6, 6.07) is 3.04. The Hall–Kier alpha value is -3.12. The van der Waals surface area contributed by atoms with Crippen molar-refractivity contribution in [2.75, 3.05) is 11.6 Å². The highest BCUT2D eigenvalue weighted by Crippen LogP contribution is 2.36. The number of benzene rings is 1. The van der Waals surface area contributed by atoms with Gasteiger partial charge in [-0.2, -0.15) is 4.37 Å². The fourth-order valence-electron chi connectivity index (χ4n) is 2.25. The van der Waals surface area contributed by atoms with E-state index in [2.05, 4.69) is 29.9 Å². The predicted molar refractivity (Wildman–Crippen MR) is 107 cm³/mol. The first-order valence-corrected chi connectivity index (χ1v) is 9.83. The molecule has 0 spiro atoms. The number of rotatable bonds is 7. The number of carbonyl (C=O) groups is 1. The number of phenols is 1. The maximum absolute atomic E-state index is 11.4. The fraction of sp³-hybridized carbons (Fsp3) is 0.188. The highest BCUT2D eigenvalue weighted by atomic mass is 32.2. The molecule has 0 radical (unpaired) electrons. The number of ether oxygens (including phenoxy) is 1. The van der Waals surface area contributed by atoms with E-state index in [1.165, 1.54) is 24.8 Å². The highest BCUT2D eigenvalue weighted by Gasteiger charge is 2.13. The van der Waals surface area contributed by atoms with Crippen molar-refractivity contribution in [3.8, 4) is 5.75 Å². The molecule has 0 aliphatic rings. The van der Waals surface area contributed by atoms with Gasteiger partial charge in [-0.3, -0.25) is 10.2 Å². The van der Waals surface area contributed by atoms with Crippen molar-refractivity contribution in [1.29, 1.82) is 5.41 Å². The molecule has 1 aromatic carbocycles. The lowest BCUT2D eigenvalue weighted by Crippen LogP contribution is -2.06. The minimum absolute atomic E-state index is 0.0555. The van der Waals surface area contributed by atoms with Gasteiger partial charge in [0.2, 0.25) is 5.91 Å². The Kier molecular flexibility index (Phi) is 6.11. The van der Waals surface area contributed by atoms with E-state index in [0.29, 0.717) is 32.4 Å². The fourth-order valence-corrected chi connectivity index (χ4v) is 3.22. The summed E-state index contributed by atoms with van der Waals surface area (Å²) in [7, 11) is 0. The minimum Gasteiger partial charge on any atom is -0.505 e. The van der Waals surface area contributed by atoms with Crippen LogP contribution >= 0.6 is 23.3 Å². The number of carbonyl (C=O) groups excluding carboxylic acids is 1. The Labute approximate surface area is 167 Å². The van der Waals surface area contributed by atoms with Crippen LogP contribution in [0.15, 0.2) is 33.7 Å². The third kappa shape index (κ3) is 4.40. The van der Waals surface area contributed by atoms with Crippen LogP contribution in [0, 0.1) is 5.41 Å². The van der Waals surface area contributed by atoms with Gasteiger partial charge in [0.1, 0.15) is 12.4 Å². The van der Waals surface area contributed by atoms with Gasteiger partial charge in [0.05, 0.1) is 16.8 Å². The van der Waals surface area contributed by atoms with Gasteiger partial charge in [0, 0.05) is 18.7 Å². The molecular weight excluding hydrogens is 402 g/mol. The Morgan fingerprint density at radius 2 is 2.29 bits per heavy atom. The molecule has 1 amide bonds. The predicted octanol–water partition coefficient (Wildman–Crippen LogP) is 4.01. The average Bonchev–Trinajstić information content (AvgIpc) is 3.09. The molecule has 3 aromatic rings. The van der Waals surface area contributed by atoms with Crippen molar-refractivity contribution >= 4 is 63.0 Å². The number of nitrogens with one attached hydrogen (secondary N) is 2. The van der Waals surface area contributed by atoms with Crippen LogP contribution in [-0.4, -0.2) is 38.0 Å². The zero-order chi connectivity index (χ0) is 20.1. The van der Waals surface area contributed by atoms with Gasteiger partial charge in [-0.05, 0) is 29.9 Å². The molecule has 144 valence electrons. The summed E-state index contributed by atoms with van der Waals surface area (Å²) in [5.41, 5.74) is 1.46. The third-order valence-corrected chi connectivity index (χ3v) is 4.74. The van der Waals surface area contributed by atoms with Gasteiger partial charge in [-0.25, -0.2) is 9.97 Å². The number of azo groups is 1. The van der Waals surface area contributed by atoms with Crippen LogP contribution in [-0.2, 0) is 16.1 Å². The minimum atomic E-state index is -0.349. The van der Waals surface area contributed by atoms with E-state index in [1.807, 2.05) is 6.26 Å². The summed E-state index contributed by atoms with van der Waals surface area (Å²) in [5, 5.41) is 30.0. The molecule has 0 unspecified atom stereocenters. The van der Waals surface area contributed by atoms with Gasteiger partial charge < -0.3 is 15.2 Å². The standard InChI is InChI=1S/C16H15N7O3S2/c1-8(24)19-12-4-10(3-9(13(12)25)6-26-7-17)21-22-15-11-5-18-16(27-2)20-14(11)23-28-15/h3-5,7,17,25H,6H2,1-2H3,(H,19,24). The number of hydrogen-bond acceptors (Lipinski definition) is 11. The second-order valence-corrected chi connectivity index (χ2v) is 6.92. The molecule has 0 aliphatic heterocycles. The third-order valence-electron chi connectivity index (χ3n) is 3.44. The number of fused-ring (bicyclic) bond motifs is 1. The van der Waals surface area contributed by atoms with Crippen LogP contribution in [0.4, 0.5) is 16.4 Å². The summed E-state index contributed by atoms with van der Waals surface area (Å²) >= 11 is 2.56. The van der Waals surface area contributed by atoms with Gasteiger partial charge >= 0.3 is 0 Å². The van der Waals surface area contributed by atoms with E-state index in [9.17, 15) is 9.90 Å². The van der Waals surface area contributed by atoms with E-state index < -0.39 is 0 Å². The Bertz CT molecular complexity index is 1070. The Balaban J connectivity index is 1.96. The molecule has 0 fully saturated rings. The van der Waals surface area contributed by atoms with Crippen LogP contribution < -0.4 is 5.32 Å². The molecule has 28 heavy (non-hydrogen) atoms. The van der Waals surface area contributed by atoms with Crippen LogP contribution in [0.25, 0.3) is 11.0 Å².